The Kier molecular flexibility index (Phi) is 4.63. The van der Waals surface area contributed by atoms with Crippen molar-refractivity contribution in [2.75, 3.05) is 31.2 Å². The molecule has 1 aliphatic carbocycles. The maximum atomic E-state index is 13.1. The molecule has 2 aliphatic heterocycles. The van der Waals surface area contributed by atoms with Crippen molar-refractivity contribution in [1.82, 2.24) is 4.90 Å². The quantitative estimate of drug-likeness (QED) is 0.735. The minimum Gasteiger partial charge on any atom is -0.371 e. The molecule has 1 atom stereocenters. The molecule has 1 spiro atoms. The molecule has 2 heterocycles. The fraction of sp³-hybridized carbons (Fsp3) is 0.600. The summed E-state index contributed by atoms with van der Waals surface area (Å²) in [4.78, 5) is 26.3. The highest BCUT2D eigenvalue weighted by atomic mass is 32.2. The Hall–Kier alpha value is -1.73. The molecule has 0 N–H and O–H groups in total. The van der Waals surface area contributed by atoms with Crippen LogP contribution in [0.15, 0.2) is 22.6 Å². The second-order valence-electron chi connectivity index (χ2n) is 8.04. The van der Waals surface area contributed by atoms with Crippen molar-refractivity contribution < 1.29 is 18.5 Å². The monoisotopic (exact) mass is 390 g/mol. The number of carbonyl (C=O) groups excluding carboxylic acids is 2. The van der Waals surface area contributed by atoms with Crippen LogP contribution in [0.3, 0.4) is 0 Å². The van der Waals surface area contributed by atoms with Gasteiger partial charge in [0.25, 0.3) is 5.91 Å². The molecule has 0 bridgehead atoms. The molecule has 2 fully saturated rings. The van der Waals surface area contributed by atoms with E-state index < -0.39 is 15.3 Å². The molecule has 0 saturated carbocycles. The highest BCUT2D eigenvalue weighted by Gasteiger charge is 2.44. The Labute approximate surface area is 160 Å². The molecule has 27 heavy (non-hydrogen) atoms. The van der Waals surface area contributed by atoms with Crippen molar-refractivity contribution in [3.05, 3.63) is 34.9 Å². The number of fused-ring (bicyclic) bond motifs is 1. The number of rotatable bonds is 1. The van der Waals surface area contributed by atoms with Gasteiger partial charge in [0.15, 0.2) is 0 Å². The van der Waals surface area contributed by atoms with Gasteiger partial charge in [0.1, 0.15) is 0 Å². The molecule has 1 unspecified atom stereocenters. The lowest BCUT2D eigenvalue weighted by Gasteiger charge is -2.46. The molecule has 0 aromatic heterocycles. The first kappa shape index (κ1) is 18.6. The van der Waals surface area contributed by atoms with E-state index in [0.717, 1.165) is 12.0 Å². The first-order chi connectivity index (χ1) is 12.8. The Bertz CT molecular complexity index is 903. The normalized spacial score (nSPS) is 32.5. The van der Waals surface area contributed by atoms with E-state index in [-0.39, 0.29) is 17.7 Å². The fourth-order valence-corrected chi connectivity index (χ4v) is 6.68. The van der Waals surface area contributed by atoms with Gasteiger partial charge in [-0.25, -0.2) is 4.21 Å². The maximum absolute atomic E-state index is 13.1. The third-order valence-electron chi connectivity index (χ3n) is 6.01. The van der Waals surface area contributed by atoms with Gasteiger partial charge in [-0.15, -0.1) is 0 Å². The van der Waals surface area contributed by atoms with Crippen molar-refractivity contribution >= 4 is 21.5 Å². The number of carbonyl (C=O) groups is 2. The summed E-state index contributed by atoms with van der Waals surface area (Å²) < 4.78 is 22.6. The van der Waals surface area contributed by atoms with Gasteiger partial charge < -0.3 is 9.64 Å². The number of nitrogens with zero attached hydrogens (tertiary/aromatic N) is 2. The smallest absolute Gasteiger partial charge is 0.250 e. The van der Waals surface area contributed by atoms with E-state index in [1.165, 1.54) is 18.1 Å². The number of benzene rings is 1. The third-order valence-corrected chi connectivity index (χ3v) is 8.28. The van der Waals surface area contributed by atoms with Crippen LogP contribution in [0.2, 0.25) is 0 Å². The molecule has 7 heteroatoms. The van der Waals surface area contributed by atoms with Gasteiger partial charge in [-0.3, -0.25) is 9.59 Å². The average molecular weight is 391 g/mol. The third kappa shape index (κ3) is 3.55. The second-order valence-corrected chi connectivity index (χ2v) is 10.6. The van der Waals surface area contributed by atoms with Crippen LogP contribution in [-0.4, -0.2) is 57.7 Å². The fourth-order valence-electron chi connectivity index (χ4n) is 4.44. The Morgan fingerprint density at radius 1 is 1.30 bits per heavy atom. The van der Waals surface area contributed by atoms with Gasteiger partial charge in [-0.1, -0.05) is 23.8 Å². The van der Waals surface area contributed by atoms with E-state index in [1.807, 2.05) is 4.90 Å². The standard InChI is InChI=1S/C20H26N2O4S/c1-14-3-4-16-12-18(17(16)11-14)19(24)22-7-8-26-20(13-22)5-9-27(25,10-6-20)21-15(2)23/h3-4,11,18H,5-10,12-13H2,1-2H3. The maximum Gasteiger partial charge on any atom is 0.250 e. The molecule has 2 amide bonds. The summed E-state index contributed by atoms with van der Waals surface area (Å²) in [5.74, 6) is 0.475. The van der Waals surface area contributed by atoms with Crippen LogP contribution in [0.1, 0.15) is 42.4 Å². The van der Waals surface area contributed by atoms with Gasteiger partial charge >= 0.3 is 0 Å². The van der Waals surface area contributed by atoms with Crippen LogP contribution in [0.5, 0.6) is 0 Å². The average Bonchev–Trinajstić information content (AvgIpc) is 2.60. The zero-order valence-corrected chi connectivity index (χ0v) is 16.7. The van der Waals surface area contributed by atoms with Crippen molar-refractivity contribution in [2.45, 2.75) is 44.6 Å². The first-order valence-corrected chi connectivity index (χ1v) is 11.4. The van der Waals surface area contributed by atoms with E-state index in [9.17, 15) is 13.8 Å². The summed E-state index contributed by atoms with van der Waals surface area (Å²) in [7, 11) is -2.47. The lowest BCUT2D eigenvalue weighted by atomic mass is 9.76. The summed E-state index contributed by atoms with van der Waals surface area (Å²) in [5.41, 5.74) is 3.17. The molecule has 6 nitrogen and oxygen atoms in total. The van der Waals surface area contributed by atoms with Crippen LogP contribution in [-0.2, 0) is 30.5 Å². The molecule has 146 valence electrons. The van der Waals surface area contributed by atoms with Gasteiger partial charge in [-0.05, 0) is 37.3 Å². The minimum absolute atomic E-state index is 0.0458. The summed E-state index contributed by atoms with van der Waals surface area (Å²) in [6.45, 7) is 5.04. The highest BCUT2D eigenvalue weighted by Crippen LogP contribution is 2.39. The van der Waals surface area contributed by atoms with Crippen molar-refractivity contribution in [2.24, 2.45) is 4.36 Å². The zero-order valence-electron chi connectivity index (χ0n) is 15.9. The molecule has 2 saturated heterocycles. The van der Waals surface area contributed by atoms with Gasteiger partial charge in [0.2, 0.25) is 5.91 Å². The number of amides is 2. The Balaban J connectivity index is 1.46. The van der Waals surface area contributed by atoms with E-state index in [0.29, 0.717) is 44.0 Å². The number of hydrogen-bond donors (Lipinski definition) is 0. The van der Waals surface area contributed by atoms with Crippen LogP contribution < -0.4 is 0 Å². The highest BCUT2D eigenvalue weighted by molar-refractivity contribution is 7.93. The zero-order chi connectivity index (χ0) is 19.2. The van der Waals surface area contributed by atoms with E-state index >= 15 is 0 Å². The lowest BCUT2D eigenvalue weighted by molar-refractivity contribution is -0.154. The van der Waals surface area contributed by atoms with Crippen LogP contribution in [0, 0.1) is 6.92 Å². The number of morpholine rings is 1. The van der Waals surface area contributed by atoms with Crippen molar-refractivity contribution in [3.63, 3.8) is 0 Å². The Morgan fingerprint density at radius 3 is 2.74 bits per heavy atom. The first-order valence-electron chi connectivity index (χ1n) is 9.55. The summed E-state index contributed by atoms with van der Waals surface area (Å²) in [6.07, 6.45) is 1.96. The molecule has 1 aromatic carbocycles. The molecule has 0 radical (unpaired) electrons. The van der Waals surface area contributed by atoms with Crippen molar-refractivity contribution in [3.8, 4) is 0 Å². The van der Waals surface area contributed by atoms with E-state index in [1.54, 1.807) is 0 Å². The number of hydrogen-bond acceptors (Lipinski definition) is 4. The SMILES string of the molecule is CC(=O)N=S1(=O)CCC2(CC1)CN(C(=O)C1Cc3ccc(C)cc31)CCO2. The van der Waals surface area contributed by atoms with E-state index in [4.69, 9.17) is 4.74 Å². The van der Waals surface area contributed by atoms with Crippen LogP contribution in [0.25, 0.3) is 0 Å². The molecule has 3 aliphatic rings. The molecular formula is C20H26N2O4S. The predicted molar refractivity (Wildman–Crippen MR) is 103 cm³/mol. The largest absolute Gasteiger partial charge is 0.371 e. The summed E-state index contributed by atoms with van der Waals surface area (Å²) in [5, 5.41) is 0. The van der Waals surface area contributed by atoms with Crippen LogP contribution in [0.4, 0.5) is 0 Å². The lowest BCUT2D eigenvalue weighted by Crippen LogP contribution is -2.57. The molecular weight excluding hydrogens is 364 g/mol. The number of ether oxygens (including phenoxy) is 1. The predicted octanol–water partition coefficient (Wildman–Crippen LogP) is 2.04. The van der Waals surface area contributed by atoms with Crippen LogP contribution >= 0.6 is 0 Å². The summed E-state index contributed by atoms with van der Waals surface area (Å²) in [6, 6.07) is 6.33. The molecule has 4 rings (SSSR count). The van der Waals surface area contributed by atoms with E-state index in [2.05, 4.69) is 29.5 Å². The number of aryl methyl sites for hydroxylation is 1. The topological polar surface area (TPSA) is 76.0 Å². The van der Waals surface area contributed by atoms with Gasteiger partial charge in [-0.2, -0.15) is 4.36 Å². The van der Waals surface area contributed by atoms with Crippen molar-refractivity contribution in [1.29, 1.82) is 0 Å². The summed E-state index contributed by atoms with van der Waals surface area (Å²) >= 11 is 0. The second kappa shape index (κ2) is 6.71. The van der Waals surface area contributed by atoms with Gasteiger partial charge in [0.05, 0.1) is 27.9 Å². The molecule has 1 aromatic rings. The Morgan fingerprint density at radius 2 is 2.04 bits per heavy atom. The van der Waals surface area contributed by atoms with Gasteiger partial charge in [0, 0.05) is 31.5 Å². The minimum atomic E-state index is -2.47.